The number of hydrogen-bond acceptors (Lipinski definition) is 5. The first kappa shape index (κ1) is 14.6. The summed E-state index contributed by atoms with van der Waals surface area (Å²) in [6.07, 6.45) is 1.27. The molecule has 0 amide bonds. The van der Waals surface area contributed by atoms with E-state index in [4.69, 9.17) is 19.3 Å². The molecule has 1 heterocycles. The van der Waals surface area contributed by atoms with Crippen LogP contribution in [0.2, 0.25) is 0 Å². The summed E-state index contributed by atoms with van der Waals surface area (Å²) in [6.45, 7) is 1.75. The standard InChI is InChI=1S/C15H15NO5/c1-9-4-14(13(8-16-9)15(17)18)21-12-6-10(19-2)5-11(7-12)20-3/h4-8H,1-3H3,(H,17,18). The van der Waals surface area contributed by atoms with Gasteiger partial charge in [0.1, 0.15) is 28.6 Å². The maximum Gasteiger partial charge on any atom is 0.341 e. The Bertz CT molecular complexity index is 647. The summed E-state index contributed by atoms with van der Waals surface area (Å²) in [6, 6.07) is 6.55. The summed E-state index contributed by atoms with van der Waals surface area (Å²) in [5.41, 5.74) is 0.646. The highest BCUT2D eigenvalue weighted by atomic mass is 16.5. The van der Waals surface area contributed by atoms with Gasteiger partial charge in [-0.3, -0.25) is 4.98 Å². The number of methoxy groups -OCH3 is 2. The molecule has 0 fully saturated rings. The van der Waals surface area contributed by atoms with Crippen molar-refractivity contribution < 1.29 is 24.1 Å². The highest BCUT2D eigenvalue weighted by molar-refractivity contribution is 5.90. The molecule has 1 N–H and O–H groups in total. The van der Waals surface area contributed by atoms with Gasteiger partial charge in [-0.05, 0) is 6.92 Å². The average molecular weight is 289 g/mol. The highest BCUT2D eigenvalue weighted by Gasteiger charge is 2.14. The Hall–Kier alpha value is -2.76. The van der Waals surface area contributed by atoms with Gasteiger partial charge in [-0.2, -0.15) is 0 Å². The van der Waals surface area contributed by atoms with Crippen LogP contribution in [0.4, 0.5) is 0 Å². The van der Waals surface area contributed by atoms with E-state index in [1.54, 1.807) is 31.2 Å². The van der Waals surface area contributed by atoms with E-state index in [-0.39, 0.29) is 11.3 Å². The molecule has 0 radical (unpaired) electrons. The molecule has 0 unspecified atom stereocenters. The fourth-order valence-corrected chi connectivity index (χ4v) is 1.75. The minimum atomic E-state index is -1.10. The van der Waals surface area contributed by atoms with Gasteiger partial charge in [0.25, 0.3) is 0 Å². The number of carboxylic acid groups (broad SMARTS) is 1. The third-order valence-electron chi connectivity index (χ3n) is 2.79. The van der Waals surface area contributed by atoms with Gasteiger partial charge in [0, 0.05) is 36.2 Å². The Morgan fingerprint density at radius 2 is 1.62 bits per heavy atom. The summed E-state index contributed by atoms with van der Waals surface area (Å²) < 4.78 is 16.0. The van der Waals surface area contributed by atoms with Crippen molar-refractivity contribution in [1.82, 2.24) is 4.98 Å². The molecule has 2 aromatic rings. The van der Waals surface area contributed by atoms with Crippen molar-refractivity contribution in [2.75, 3.05) is 14.2 Å². The van der Waals surface area contributed by atoms with Gasteiger partial charge < -0.3 is 19.3 Å². The molecule has 1 aromatic carbocycles. The van der Waals surface area contributed by atoms with Crippen LogP contribution in [-0.2, 0) is 0 Å². The topological polar surface area (TPSA) is 77.9 Å². The van der Waals surface area contributed by atoms with Gasteiger partial charge in [-0.15, -0.1) is 0 Å². The first-order chi connectivity index (χ1) is 10.0. The lowest BCUT2D eigenvalue weighted by Crippen LogP contribution is -2.02. The molecule has 0 spiro atoms. The molecule has 0 aliphatic rings. The zero-order chi connectivity index (χ0) is 15.4. The number of aromatic carboxylic acids is 1. The second-order valence-electron chi connectivity index (χ2n) is 4.28. The third-order valence-corrected chi connectivity index (χ3v) is 2.79. The van der Waals surface area contributed by atoms with Crippen LogP contribution in [0.3, 0.4) is 0 Å². The summed E-state index contributed by atoms with van der Waals surface area (Å²) in [4.78, 5) is 15.2. The van der Waals surface area contributed by atoms with Crippen molar-refractivity contribution in [3.8, 4) is 23.0 Å². The fourth-order valence-electron chi connectivity index (χ4n) is 1.75. The van der Waals surface area contributed by atoms with E-state index in [1.165, 1.54) is 20.4 Å². The number of aryl methyl sites for hydroxylation is 1. The van der Waals surface area contributed by atoms with Crippen molar-refractivity contribution in [3.05, 3.63) is 41.7 Å². The predicted molar refractivity (Wildman–Crippen MR) is 75.6 cm³/mol. The maximum absolute atomic E-state index is 11.2. The number of carbonyl (C=O) groups is 1. The number of aromatic nitrogens is 1. The van der Waals surface area contributed by atoms with E-state index < -0.39 is 5.97 Å². The monoisotopic (exact) mass is 289 g/mol. The SMILES string of the molecule is COc1cc(OC)cc(Oc2cc(C)ncc2C(=O)O)c1. The zero-order valence-electron chi connectivity index (χ0n) is 11.9. The Labute approximate surface area is 121 Å². The molecule has 0 saturated carbocycles. The van der Waals surface area contributed by atoms with Gasteiger partial charge in [0.15, 0.2) is 0 Å². The van der Waals surface area contributed by atoms with Crippen LogP contribution >= 0.6 is 0 Å². The number of hydrogen-bond donors (Lipinski definition) is 1. The number of carboxylic acids is 1. The molecule has 21 heavy (non-hydrogen) atoms. The van der Waals surface area contributed by atoms with Crippen LogP contribution in [0, 0.1) is 6.92 Å². The van der Waals surface area contributed by atoms with Gasteiger partial charge >= 0.3 is 5.97 Å². The first-order valence-electron chi connectivity index (χ1n) is 6.14. The van der Waals surface area contributed by atoms with E-state index in [9.17, 15) is 4.79 Å². The number of pyridine rings is 1. The fraction of sp³-hybridized carbons (Fsp3) is 0.200. The van der Waals surface area contributed by atoms with Crippen molar-refractivity contribution in [2.24, 2.45) is 0 Å². The molecular formula is C15H15NO5. The second-order valence-corrected chi connectivity index (χ2v) is 4.28. The van der Waals surface area contributed by atoms with Crippen molar-refractivity contribution >= 4 is 5.97 Å². The first-order valence-corrected chi connectivity index (χ1v) is 6.14. The smallest absolute Gasteiger partial charge is 0.341 e. The van der Waals surface area contributed by atoms with Gasteiger partial charge in [-0.25, -0.2) is 4.79 Å². The van der Waals surface area contributed by atoms with E-state index in [0.717, 1.165) is 0 Å². The molecule has 6 nitrogen and oxygen atoms in total. The minimum absolute atomic E-state index is 0.0117. The lowest BCUT2D eigenvalue weighted by Gasteiger charge is -2.12. The van der Waals surface area contributed by atoms with Crippen molar-refractivity contribution in [1.29, 1.82) is 0 Å². The third kappa shape index (κ3) is 3.42. The summed E-state index contributed by atoms with van der Waals surface area (Å²) in [7, 11) is 3.05. The normalized spacial score (nSPS) is 10.0. The Balaban J connectivity index is 2.42. The molecule has 2 rings (SSSR count). The van der Waals surface area contributed by atoms with Crippen LogP contribution in [0.15, 0.2) is 30.5 Å². The molecule has 1 aromatic heterocycles. The zero-order valence-corrected chi connectivity index (χ0v) is 11.9. The maximum atomic E-state index is 11.2. The van der Waals surface area contributed by atoms with Crippen LogP contribution in [0.5, 0.6) is 23.0 Å². The molecular weight excluding hydrogens is 274 g/mol. The number of ether oxygens (including phenoxy) is 3. The van der Waals surface area contributed by atoms with Crippen LogP contribution in [0.25, 0.3) is 0 Å². The molecule has 110 valence electrons. The van der Waals surface area contributed by atoms with E-state index >= 15 is 0 Å². The van der Waals surface area contributed by atoms with Crippen LogP contribution in [0.1, 0.15) is 16.1 Å². The Morgan fingerprint density at radius 1 is 1.05 bits per heavy atom. The highest BCUT2D eigenvalue weighted by Crippen LogP contribution is 2.32. The Kier molecular flexibility index (Phi) is 4.27. The summed E-state index contributed by atoms with van der Waals surface area (Å²) in [5.74, 6) is 0.621. The summed E-state index contributed by atoms with van der Waals surface area (Å²) >= 11 is 0. The Morgan fingerprint density at radius 3 is 2.14 bits per heavy atom. The average Bonchev–Trinajstić information content (AvgIpc) is 2.46. The molecule has 6 heteroatoms. The van der Waals surface area contributed by atoms with E-state index in [1.807, 2.05) is 0 Å². The molecule has 0 atom stereocenters. The van der Waals surface area contributed by atoms with Crippen molar-refractivity contribution in [3.63, 3.8) is 0 Å². The van der Waals surface area contributed by atoms with E-state index in [2.05, 4.69) is 4.98 Å². The molecule has 0 bridgehead atoms. The largest absolute Gasteiger partial charge is 0.496 e. The second kappa shape index (κ2) is 6.13. The van der Waals surface area contributed by atoms with Gasteiger partial charge in [0.2, 0.25) is 0 Å². The minimum Gasteiger partial charge on any atom is -0.496 e. The number of benzene rings is 1. The van der Waals surface area contributed by atoms with Crippen molar-refractivity contribution in [2.45, 2.75) is 6.92 Å². The van der Waals surface area contributed by atoms with E-state index in [0.29, 0.717) is 22.9 Å². The quantitative estimate of drug-likeness (QED) is 0.911. The van der Waals surface area contributed by atoms with Crippen LogP contribution in [-0.4, -0.2) is 30.3 Å². The number of rotatable bonds is 5. The predicted octanol–water partition coefficient (Wildman–Crippen LogP) is 2.90. The lowest BCUT2D eigenvalue weighted by molar-refractivity contribution is 0.0693. The van der Waals surface area contributed by atoms with Crippen LogP contribution < -0.4 is 14.2 Å². The molecule has 0 saturated heterocycles. The number of nitrogens with zero attached hydrogens (tertiary/aromatic N) is 1. The molecule has 0 aliphatic carbocycles. The lowest BCUT2D eigenvalue weighted by atomic mass is 10.2. The summed E-state index contributed by atoms with van der Waals surface area (Å²) in [5, 5.41) is 9.17. The molecule has 0 aliphatic heterocycles. The van der Waals surface area contributed by atoms with Gasteiger partial charge in [-0.1, -0.05) is 0 Å². The van der Waals surface area contributed by atoms with Gasteiger partial charge in [0.05, 0.1) is 14.2 Å².